The van der Waals surface area contributed by atoms with Crippen LogP contribution in [0.25, 0.3) is 10.8 Å². The molecule has 0 aliphatic heterocycles. The van der Waals surface area contributed by atoms with Crippen molar-refractivity contribution in [2.24, 2.45) is 0 Å². The summed E-state index contributed by atoms with van der Waals surface area (Å²) in [5.41, 5.74) is 2.19. The molecule has 0 saturated carbocycles. The van der Waals surface area contributed by atoms with Crippen LogP contribution in [0.4, 0.5) is 11.4 Å². The molecule has 0 bridgehead atoms. The van der Waals surface area contributed by atoms with Crippen molar-refractivity contribution < 1.29 is 14.3 Å². The number of nitrogens with one attached hydrogen (secondary N) is 2. The molecule has 3 rings (SSSR count). The second-order valence-corrected chi connectivity index (χ2v) is 7.88. The van der Waals surface area contributed by atoms with Gasteiger partial charge in [-0.05, 0) is 74.9 Å². The van der Waals surface area contributed by atoms with E-state index in [1.54, 1.807) is 12.1 Å². The highest BCUT2D eigenvalue weighted by atomic mass is 16.5. The molecule has 0 aliphatic carbocycles. The average molecular weight is 434 g/mol. The van der Waals surface area contributed by atoms with Gasteiger partial charge in [-0.1, -0.05) is 24.3 Å². The van der Waals surface area contributed by atoms with Gasteiger partial charge in [0, 0.05) is 30.5 Å². The summed E-state index contributed by atoms with van der Waals surface area (Å²) in [5.74, 6) is -0.142. The van der Waals surface area contributed by atoms with Gasteiger partial charge < -0.3 is 20.3 Å². The number of hydrogen-bond acceptors (Lipinski definition) is 4. The average Bonchev–Trinajstić information content (AvgIpc) is 2.78. The standard InChI is InChI=1S/C26H31N3O3/c1-5-29(6-2)22-13-11-21(12-14-22)28-26(31)23-15-19-9-7-8-10-20(19)16-24(23)32-17-25(30)27-18(3)4/h7-16,18H,5-6,17H2,1-4H3,(H,27,30)(H,28,31). The van der Waals surface area contributed by atoms with Crippen LogP contribution >= 0.6 is 0 Å². The molecule has 6 nitrogen and oxygen atoms in total. The molecule has 2 N–H and O–H groups in total. The van der Waals surface area contributed by atoms with Crippen LogP contribution in [0.15, 0.2) is 60.7 Å². The summed E-state index contributed by atoms with van der Waals surface area (Å²) in [6.07, 6.45) is 0. The lowest BCUT2D eigenvalue weighted by atomic mass is 10.1. The van der Waals surface area contributed by atoms with Crippen LogP contribution in [-0.2, 0) is 4.79 Å². The van der Waals surface area contributed by atoms with E-state index in [9.17, 15) is 9.59 Å². The minimum atomic E-state index is -0.286. The molecule has 0 heterocycles. The lowest BCUT2D eigenvalue weighted by Crippen LogP contribution is -2.34. The summed E-state index contributed by atoms with van der Waals surface area (Å²) in [5, 5.41) is 7.60. The molecule has 3 aromatic carbocycles. The van der Waals surface area contributed by atoms with Crippen molar-refractivity contribution in [1.82, 2.24) is 5.32 Å². The summed E-state index contributed by atoms with van der Waals surface area (Å²) in [6.45, 7) is 9.69. The maximum Gasteiger partial charge on any atom is 0.259 e. The number of carbonyl (C=O) groups is 2. The quantitative estimate of drug-likeness (QED) is 0.506. The van der Waals surface area contributed by atoms with Gasteiger partial charge in [0.1, 0.15) is 5.75 Å². The molecule has 3 aromatic rings. The summed E-state index contributed by atoms with van der Waals surface area (Å²) in [6, 6.07) is 19.1. The van der Waals surface area contributed by atoms with Crippen molar-refractivity contribution in [2.45, 2.75) is 33.7 Å². The molecule has 0 fully saturated rings. The Bertz CT molecular complexity index is 1070. The van der Waals surface area contributed by atoms with Crippen molar-refractivity contribution in [2.75, 3.05) is 29.9 Å². The van der Waals surface area contributed by atoms with Gasteiger partial charge in [0.15, 0.2) is 6.61 Å². The van der Waals surface area contributed by atoms with Gasteiger partial charge in [0.05, 0.1) is 5.56 Å². The number of ether oxygens (including phenoxy) is 1. The van der Waals surface area contributed by atoms with Gasteiger partial charge in [0.25, 0.3) is 11.8 Å². The zero-order valence-electron chi connectivity index (χ0n) is 19.1. The zero-order valence-corrected chi connectivity index (χ0v) is 19.1. The number of fused-ring (bicyclic) bond motifs is 1. The van der Waals surface area contributed by atoms with Crippen LogP contribution < -0.4 is 20.3 Å². The fourth-order valence-electron chi connectivity index (χ4n) is 3.57. The van der Waals surface area contributed by atoms with Gasteiger partial charge in [-0.15, -0.1) is 0 Å². The summed E-state index contributed by atoms with van der Waals surface area (Å²) in [7, 11) is 0. The van der Waals surface area contributed by atoms with E-state index in [1.165, 1.54) is 0 Å². The van der Waals surface area contributed by atoms with Crippen molar-refractivity contribution in [3.63, 3.8) is 0 Å². The van der Waals surface area contributed by atoms with E-state index >= 15 is 0 Å². The zero-order chi connectivity index (χ0) is 23.1. The number of rotatable bonds is 9. The van der Waals surface area contributed by atoms with Crippen LogP contribution in [0.1, 0.15) is 38.1 Å². The largest absolute Gasteiger partial charge is 0.483 e. The number of nitrogens with zero attached hydrogens (tertiary/aromatic N) is 1. The molecule has 0 aromatic heterocycles. The van der Waals surface area contributed by atoms with Crippen LogP contribution in [-0.4, -0.2) is 37.6 Å². The first kappa shape index (κ1) is 23.1. The lowest BCUT2D eigenvalue weighted by Gasteiger charge is -2.21. The molecule has 0 unspecified atom stereocenters. The highest BCUT2D eigenvalue weighted by Crippen LogP contribution is 2.27. The van der Waals surface area contributed by atoms with Gasteiger partial charge in [-0.3, -0.25) is 9.59 Å². The van der Waals surface area contributed by atoms with E-state index in [0.717, 1.165) is 29.5 Å². The first-order chi connectivity index (χ1) is 15.4. The second kappa shape index (κ2) is 10.7. The van der Waals surface area contributed by atoms with Gasteiger partial charge >= 0.3 is 0 Å². The Hall–Kier alpha value is -3.54. The fraction of sp³-hybridized carbons (Fsp3) is 0.308. The number of anilines is 2. The molecule has 0 saturated heterocycles. The van der Waals surface area contributed by atoms with E-state index in [-0.39, 0.29) is 24.5 Å². The number of hydrogen-bond donors (Lipinski definition) is 2. The Kier molecular flexibility index (Phi) is 7.71. The number of benzene rings is 3. The third-order valence-electron chi connectivity index (χ3n) is 5.15. The summed E-state index contributed by atoms with van der Waals surface area (Å²) in [4.78, 5) is 27.4. The molecule has 0 atom stereocenters. The highest BCUT2D eigenvalue weighted by molar-refractivity contribution is 6.08. The van der Waals surface area contributed by atoms with Crippen molar-refractivity contribution in [1.29, 1.82) is 0 Å². The van der Waals surface area contributed by atoms with Crippen LogP contribution in [0.5, 0.6) is 5.75 Å². The smallest absolute Gasteiger partial charge is 0.259 e. The van der Waals surface area contributed by atoms with E-state index in [0.29, 0.717) is 17.0 Å². The Balaban J connectivity index is 1.83. The predicted molar refractivity (Wildman–Crippen MR) is 131 cm³/mol. The molecule has 0 spiro atoms. The maximum atomic E-state index is 13.1. The normalized spacial score (nSPS) is 10.8. The SMILES string of the molecule is CCN(CC)c1ccc(NC(=O)c2cc3ccccc3cc2OCC(=O)NC(C)C)cc1. The second-order valence-electron chi connectivity index (χ2n) is 7.88. The first-order valence-electron chi connectivity index (χ1n) is 11.0. The minimum absolute atomic E-state index is 0.0183. The molecular weight excluding hydrogens is 402 g/mol. The fourth-order valence-corrected chi connectivity index (χ4v) is 3.57. The van der Waals surface area contributed by atoms with E-state index in [1.807, 2.05) is 62.4 Å². The van der Waals surface area contributed by atoms with E-state index < -0.39 is 0 Å². The molecule has 0 aliphatic rings. The molecule has 168 valence electrons. The number of carbonyl (C=O) groups excluding carboxylic acids is 2. The summed E-state index contributed by atoms with van der Waals surface area (Å²) < 4.78 is 5.77. The molecular formula is C26H31N3O3. The van der Waals surface area contributed by atoms with E-state index in [4.69, 9.17) is 4.74 Å². The van der Waals surface area contributed by atoms with Crippen molar-refractivity contribution in [3.05, 3.63) is 66.2 Å². The molecule has 2 amide bonds. The van der Waals surface area contributed by atoms with Gasteiger partial charge in [-0.25, -0.2) is 0 Å². The van der Waals surface area contributed by atoms with Crippen molar-refractivity contribution in [3.8, 4) is 5.75 Å². The third-order valence-corrected chi connectivity index (χ3v) is 5.15. The van der Waals surface area contributed by atoms with Gasteiger partial charge in [0.2, 0.25) is 0 Å². The monoisotopic (exact) mass is 433 g/mol. The minimum Gasteiger partial charge on any atom is -0.483 e. The van der Waals surface area contributed by atoms with E-state index in [2.05, 4.69) is 29.4 Å². The van der Waals surface area contributed by atoms with Crippen LogP contribution in [0, 0.1) is 0 Å². The van der Waals surface area contributed by atoms with Gasteiger partial charge in [-0.2, -0.15) is 0 Å². The summed E-state index contributed by atoms with van der Waals surface area (Å²) >= 11 is 0. The Labute approximate surface area is 189 Å². The lowest BCUT2D eigenvalue weighted by molar-refractivity contribution is -0.123. The predicted octanol–water partition coefficient (Wildman–Crippen LogP) is 4.84. The maximum absolute atomic E-state index is 13.1. The van der Waals surface area contributed by atoms with Crippen LogP contribution in [0.3, 0.4) is 0 Å². The Morgan fingerprint density at radius 2 is 1.56 bits per heavy atom. The molecule has 0 radical (unpaired) electrons. The Morgan fingerprint density at radius 1 is 0.938 bits per heavy atom. The number of amides is 2. The van der Waals surface area contributed by atoms with Crippen LogP contribution in [0.2, 0.25) is 0 Å². The third kappa shape index (κ3) is 5.78. The highest BCUT2D eigenvalue weighted by Gasteiger charge is 2.16. The molecule has 32 heavy (non-hydrogen) atoms. The molecule has 6 heteroatoms. The van der Waals surface area contributed by atoms with Crippen molar-refractivity contribution >= 4 is 34.0 Å². The topological polar surface area (TPSA) is 70.7 Å². The Morgan fingerprint density at radius 3 is 2.16 bits per heavy atom. The first-order valence-corrected chi connectivity index (χ1v) is 11.0.